The SMILES string of the molecule is CC1(C)[C@]2(Cl)CC[C@@]1(C)[C@@H](O)C2. The lowest BCUT2D eigenvalue weighted by Crippen LogP contribution is -2.37. The molecule has 70 valence electrons. The highest BCUT2D eigenvalue weighted by atomic mass is 35.5. The first kappa shape index (κ1) is 8.83. The maximum atomic E-state index is 9.90. The molecule has 0 amide bonds. The van der Waals surface area contributed by atoms with Crippen molar-refractivity contribution < 1.29 is 5.11 Å². The van der Waals surface area contributed by atoms with Crippen LogP contribution < -0.4 is 0 Å². The molecule has 0 aromatic carbocycles. The summed E-state index contributed by atoms with van der Waals surface area (Å²) in [7, 11) is 0. The molecule has 2 rings (SSSR count). The molecule has 0 aromatic heterocycles. The molecule has 1 nitrogen and oxygen atoms in total. The van der Waals surface area contributed by atoms with E-state index >= 15 is 0 Å². The van der Waals surface area contributed by atoms with Crippen LogP contribution >= 0.6 is 11.6 Å². The predicted octanol–water partition coefficient (Wildman–Crippen LogP) is 2.55. The second-order valence-corrected chi connectivity index (χ2v) is 5.95. The molecule has 2 heteroatoms. The van der Waals surface area contributed by atoms with E-state index in [2.05, 4.69) is 20.8 Å². The third-order valence-electron chi connectivity index (χ3n) is 4.84. The smallest absolute Gasteiger partial charge is 0.0616 e. The molecule has 1 N–H and O–H groups in total. The van der Waals surface area contributed by atoms with Crippen molar-refractivity contribution in [1.29, 1.82) is 0 Å². The fraction of sp³-hybridized carbons (Fsp3) is 1.00. The van der Waals surface area contributed by atoms with Gasteiger partial charge in [0.15, 0.2) is 0 Å². The second-order valence-electron chi connectivity index (χ2n) is 5.23. The molecule has 0 heterocycles. The topological polar surface area (TPSA) is 20.2 Å². The summed E-state index contributed by atoms with van der Waals surface area (Å²) in [5.41, 5.74) is 0.135. The Balaban J connectivity index is 2.49. The van der Waals surface area contributed by atoms with Crippen molar-refractivity contribution in [2.75, 3.05) is 0 Å². The number of hydrogen-bond acceptors (Lipinski definition) is 1. The number of alkyl halides is 1. The summed E-state index contributed by atoms with van der Waals surface area (Å²) >= 11 is 6.51. The lowest BCUT2D eigenvalue weighted by molar-refractivity contribution is 0.0128. The van der Waals surface area contributed by atoms with Gasteiger partial charge in [0.05, 0.1) is 11.0 Å². The Morgan fingerprint density at radius 2 is 1.83 bits per heavy atom. The van der Waals surface area contributed by atoms with Gasteiger partial charge in [-0.2, -0.15) is 0 Å². The van der Waals surface area contributed by atoms with E-state index in [4.69, 9.17) is 11.6 Å². The normalized spacial score (nSPS) is 56.2. The molecule has 2 aliphatic carbocycles. The molecule has 0 aromatic rings. The van der Waals surface area contributed by atoms with Crippen molar-refractivity contribution in [3.63, 3.8) is 0 Å². The minimum absolute atomic E-state index is 0.0503. The number of hydrogen-bond donors (Lipinski definition) is 1. The Bertz CT molecular complexity index is 223. The van der Waals surface area contributed by atoms with Crippen LogP contribution in [0.4, 0.5) is 0 Å². The van der Waals surface area contributed by atoms with Crippen molar-refractivity contribution in [1.82, 2.24) is 0 Å². The molecule has 12 heavy (non-hydrogen) atoms. The molecule has 0 radical (unpaired) electrons. The highest BCUT2D eigenvalue weighted by molar-refractivity contribution is 6.25. The summed E-state index contributed by atoms with van der Waals surface area (Å²) in [6.45, 7) is 6.57. The van der Waals surface area contributed by atoms with Crippen LogP contribution in [0.2, 0.25) is 0 Å². The minimum atomic E-state index is -0.196. The van der Waals surface area contributed by atoms with Gasteiger partial charge in [-0.25, -0.2) is 0 Å². The number of halogens is 1. The number of rotatable bonds is 0. The van der Waals surface area contributed by atoms with Crippen LogP contribution in [-0.4, -0.2) is 16.1 Å². The summed E-state index contributed by atoms with van der Waals surface area (Å²) in [6, 6.07) is 0. The maximum absolute atomic E-state index is 9.90. The Hall–Kier alpha value is 0.250. The van der Waals surface area contributed by atoms with Gasteiger partial charge in [0.2, 0.25) is 0 Å². The zero-order chi connectivity index (χ0) is 9.20. The van der Waals surface area contributed by atoms with E-state index in [9.17, 15) is 5.11 Å². The van der Waals surface area contributed by atoms with Gasteiger partial charge in [0.25, 0.3) is 0 Å². The van der Waals surface area contributed by atoms with Crippen LogP contribution in [-0.2, 0) is 0 Å². The van der Waals surface area contributed by atoms with Gasteiger partial charge >= 0.3 is 0 Å². The van der Waals surface area contributed by atoms with Gasteiger partial charge in [-0.05, 0) is 24.7 Å². The van der Waals surface area contributed by atoms with Crippen molar-refractivity contribution >= 4 is 11.6 Å². The summed E-state index contributed by atoms with van der Waals surface area (Å²) in [5.74, 6) is 0. The van der Waals surface area contributed by atoms with E-state index in [0.29, 0.717) is 0 Å². The van der Waals surface area contributed by atoms with E-state index in [1.807, 2.05) is 0 Å². The Labute approximate surface area is 79.1 Å². The van der Waals surface area contributed by atoms with E-state index in [1.54, 1.807) is 0 Å². The van der Waals surface area contributed by atoms with E-state index in [-0.39, 0.29) is 21.8 Å². The average Bonchev–Trinajstić information content (AvgIpc) is 2.18. The molecular weight excluding hydrogens is 172 g/mol. The summed E-state index contributed by atoms with van der Waals surface area (Å²) in [6.07, 6.45) is 2.72. The maximum Gasteiger partial charge on any atom is 0.0616 e. The number of aliphatic hydroxyl groups excluding tert-OH is 1. The highest BCUT2D eigenvalue weighted by Crippen LogP contribution is 2.70. The largest absolute Gasteiger partial charge is 0.392 e. The number of fused-ring (bicyclic) bond motifs is 2. The van der Waals surface area contributed by atoms with Gasteiger partial charge in [-0.15, -0.1) is 11.6 Å². The van der Waals surface area contributed by atoms with Crippen LogP contribution in [0.3, 0.4) is 0 Å². The second kappa shape index (κ2) is 2.01. The Kier molecular flexibility index (Phi) is 1.48. The summed E-state index contributed by atoms with van der Waals surface area (Å²) in [4.78, 5) is -0.138. The van der Waals surface area contributed by atoms with Crippen LogP contribution in [0.25, 0.3) is 0 Å². The zero-order valence-corrected chi connectivity index (χ0v) is 8.78. The van der Waals surface area contributed by atoms with Gasteiger partial charge in [0.1, 0.15) is 0 Å². The first-order chi connectivity index (χ1) is 5.33. The van der Waals surface area contributed by atoms with Gasteiger partial charge in [-0.3, -0.25) is 0 Å². The monoisotopic (exact) mass is 188 g/mol. The van der Waals surface area contributed by atoms with Crippen LogP contribution in [0, 0.1) is 10.8 Å². The van der Waals surface area contributed by atoms with E-state index in [0.717, 1.165) is 19.3 Å². The highest BCUT2D eigenvalue weighted by Gasteiger charge is 2.68. The zero-order valence-electron chi connectivity index (χ0n) is 8.02. The average molecular weight is 189 g/mol. The molecule has 3 atom stereocenters. The third-order valence-corrected chi connectivity index (χ3v) is 5.66. The fourth-order valence-electron chi connectivity index (χ4n) is 3.07. The molecule has 0 saturated heterocycles. The van der Waals surface area contributed by atoms with Crippen LogP contribution in [0.1, 0.15) is 40.0 Å². The van der Waals surface area contributed by atoms with E-state index < -0.39 is 0 Å². The van der Waals surface area contributed by atoms with Gasteiger partial charge in [0, 0.05) is 5.41 Å². The molecule has 2 aliphatic rings. The molecule has 2 saturated carbocycles. The Morgan fingerprint density at radius 1 is 1.25 bits per heavy atom. The van der Waals surface area contributed by atoms with Crippen molar-refractivity contribution in [3.05, 3.63) is 0 Å². The summed E-state index contributed by atoms with van der Waals surface area (Å²) in [5, 5.41) is 9.90. The lowest BCUT2D eigenvalue weighted by atomic mass is 9.70. The molecule has 0 spiro atoms. The molecular formula is C10H17ClO. The summed E-state index contributed by atoms with van der Waals surface area (Å²) < 4.78 is 0. The van der Waals surface area contributed by atoms with Crippen molar-refractivity contribution in [3.8, 4) is 0 Å². The Morgan fingerprint density at radius 3 is 2.00 bits per heavy atom. The third kappa shape index (κ3) is 0.667. The van der Waals surface area contributed by atoms with Gasteiger partial charge < -0.3 is 5.11 Å². The van der Waals surface area contributed by atoms with Crippen molar-refractivity contribution in [2.45, 2.75) is 51.0 Å². The van der Waals surface area contributed by atoms with E-state index in [1.165, 1.54) is 0 Å². The van der Waals surface area contributed by atoms with Crippen LogP contribution in [0.15, 0.2) is 0 Å². The first-order valence-corrected chi connectivity index (χ1v) is 5.08. The quantitative estimate of drug-likeness (QED) is 0.580. The first-order valence-electron chi connectivity index (χ1n) is 4.70. The molecule has 2 bridgehead atoms. The fourth-order valence-corrected chi connectivity index (χ4v) is 3.52. The predicted molar refractivity (Wildman–Crippen MR) is 50.3 cm³/mol. The molecule has 0 aliphatic heterocycles. The minimum Gasteiger partial charge on any atom is -0.392 e. The lowest BCUT2D eigenvalue weighted by Gasteiger charge is -2.38. The van der Waals surface area contributed by atoms with Crippen LogP contribution in [0.5, 0.6) is 0 Å². The van der Waals surface area contributed by atoms with Gasteiger partial charge in [-0.1, -0.05) is 20.8 Å². The molecule has 0 unspecified atom stereocenters. The molecule has 2 fully saturated rings. The standard InChI is InChI=1S/C10H17ClO/c1-8(2)9(3)4-5-10(8,11)6-7(9)12/h7,12H,4-6H2,1-3H3/t7-,9-,10-/m0/s1. The van der Waals surface area contributed by atoms with Crippen molar-refractivity contribution in [2.24, 2.45) is 10.8 Å². The number of aliphatic hydroxyl groups is 1.